The molecule has 0 N–H and O–H groups in total. The van der Waals surface area contributed by atoms with Crippen LogP contribution in [0.5, 0.6) is 0 Å². The molecule has 0 saturated carbocycles. The quantitative estimate of drug-likeness (QED) is 0.607. The fourth-order valence-corrected chi connectivity index (χ4v) is 2.76. The summed E-state index contributed by atoms with van der Waals surface area (Å²) in [6.45, 7) is 1.50. The molecule has 1 aromatic carbocycles. The minimum atomic E-state index is 0.100. The molecule has 1 unspecified atom stereocenters. The highest BCUT2D eigenvalue weighted by molar-refractivity contribution is 7.98. The summed E-state index contributed by atoms with van der Waals surface area (Å²) in [4.78, 5) is 15.2. The molecule has 1 fully saturated rings. The summed E-state index contributed by atoms with van der Waals surface area (Å²) in [6.07, 6.45) is 4.04. The van der Waals surface area contributed by atoms with Gasteiger partial charge in [0, 0.05) is 23.5 Å². The van der Waals surface area contributed by atoms with Crippen LogP contribution in [0.15, 0.2) is 29.2 Å². The number of carbonyl (C=O) groups is 1. The van der Waals surface area contributed by atoms with Gasteiger partial charge in [0.15, 0.2) is 0 Å². The Morgan fingerprint density at radius 1 is 1.41 bits per heavy atom. The zero-order valence-corrected chi connectivity index (χ0v) is 11.4. The molecule has 2 rings (SSSR count). The largest absolute Gasteiger partial charge is 0.337 e. The summed E-state index contributed by atoms with van der Waals surface area (Å²) in [6, 6.07) is 7.76. The third-order valence-corrected chi connectivity index (χ3v) is 4.09. The van der Waals surface area contributed by atoms with Crippen molar-refractivity contribution < 1.29 is 4.79 Å². The lowest BCUT2D eigenvalue weighted by Gasteiger charge is -2.29. The molecule has 0 spiro atoms. The second-order valence-corrected chi connectivity index (χ2v) is 5.72. The second kappa shape index (κ2) is 5.78. The highest BCUT2D eigenvalue weighted by Crippen LogP contribution is 2.19. The first-order valence-electron chi connectivity index (χ1n) is 5.78. The number of likely N-dealkylation sites (tertiary alicyclic amines) is 1. The summed E-state index contributed by atoms with van der Waals surface area (Å²) in [5.41, 5.74) is 0.758. The molecule has 1 aliphatic heterocycles. The van der Waals surface area contributed by atoms with Gasteiger partial charge < -0.3 is 4.90 Å². The zero-order valence-electron chi connectivity index (χ0n) is 9.86. The Morgan fingerprint density at radius 3 is 2.71 bits per heavy atom. The van der Waals surface area contributed by atoms with E-state index < -0.39 is 0 Å². The lowest BCUT2D eigenvalue weighted by atomic mass is 10.1. The first kappa shape index (κ1) is 12.8. The Balaban J connectivity index is 2.07. The van der Waals surface area contributed by atoms with Crippen molar-refractivity contribution in [1.29, 1.82) is 0 Å². The number of carbonyl (C=O) groups excluding carboxylic acids is 1. The van der Waals surface area contributed by atoms with Gasteiger partial charge in [-0.05, 0) is 43.4 Å². The average Bonchev–Trinajstić information content (AvgIpc) is 2.38. The first-order chi connectivity index (χ1) is 8.20. The van der Waals surface area contributed by atoms with Gasteiger partial charge in [0.25, 0.3) is 5.91 Å². The maximum absolute atomic E-state index is 12.2. The smallest absolute Gasteiger partial charge is 0.253 e. The van der Waals surface area contributed by atoms with Crippen molar-refractivity contribution in [3.8, 4) is 0 Å². The van der Waals surface area contributed by atoms with Crippen LogP contribution in [-0.4, -0.2) is 35.5 Å². The fourth-order valence-electron chi connectivity index (χ4n) is 2.03. The van der Waals surface area contributed by atoms with E-state index in [9.17, 15) is 4.79 Å². The van der Waals surface area contributed by atoms with E-state index in [0.29, 0.717) is 6.54 Å². The van der Waals surface area contributed by atoms with Gasteiger partial charge in [-0.1, -0.05) is 0 Å². The normalized spacial score (nSPS) is 20.4. The number of piperidine rings is 1. The lowest BCUT2D eigenvalue weighted by Crippen LogP contribution is -2.40. The van der Waals surface area contributed by atoms with Gasteiger partial charge >= 0.3 is 0 Å². The number of alkyl halides is 1. The van der Waals surface area contributed by atoms with Crippen LogP contribution >= 0.6 is 23.4 Å². The molecule has 4 heteroatoms. The van der Waals surface area contributed by atoms with Crippen molar-refractivity contribution in [1.82, 2.24) is 4.90 Å². The second-order valence-electron chi connectivity index (χ2n) is 4.22. The molecule has 1 aromatic rings. The summed E-state index contributed by atoms with van der Waals surface area (Å²) in [5.74, 6) is 0.100. The Labute approximate surface area is 111 Å². The predicted molar refractivity (Wildman–Crippen MR) is 73.0 cm³/mol. The maximum atomic E-state index is 12.2. The minimum absolute atomic E-state index is 0.100. The Bertz CT molecular complexity index is 393. The van der Waals surface area contributed by atoms with E-state index in [-0.39, 0.29) is 11.3 Å². The zero-order chi connectivity index (χ0) is 12.3. The van der Waals surface area contributed by atoms with Gasteiger partial charge in [-0.2, -0.15) is 0 Å². The molecule has 92 valence electrons. The van der Waals surface area contributed by atoms with Crippen LogP contribution in [0.3, 0.4) is 0 Å². The van der Waals surface area contributed by atoms with E-state index in [1.54, 1.807) is 11.8 Å². The maximum Gasteiger partial charge on any atom is 0.253 e. The molecule has 0 aromatic heterocycles. The molecule has 1 amide bonds. The topological polar surface area (TPSA) is 20.3 Å². The summed E-state index contributed by atoms with van der Waals surface area (Å²) >= 11 is 7.77. The third-order valence-electron chi connectivity index (χ3n) is 2.99. The van der Waals surface area contributed by atoms with Crippen molar-refractivity contribution >= 4 is 29.3 Å². The number of nitrogens with zero attached hydrogens (tertiary/aromatic N) is 1. The SMILES string of the molecule is CSc1ccc(C(=O)N2CCCC(Cl)C2)cc1. The molecular weight excluding hydrogens is 254 g/mol. The van der Waals surface area contributed by atoms with Gasteiger partial charge in [-0.3, -0.25) is 4.79 Å². The number of hydrogen-bond donors (Lipinski definition) is 0. The summed E-state index contributed by atoms with van der Waals surface area (Å²) in [7, 11) is 0. The van der Waals surface area contributed by atoms with Crippen molar-refractivity contribution in [3.63, 3.8) is 0 Å². The Kier molecular flexibility index (Phi) is 4.35. The molecular formula is C13H16ClNOS. The third kappa shape index (κ3) is 3.17. The molecule has 0 radical (unpaired) electrons. The van der Waals surface area contributed by atoms with Crippen LogP contribution < -0.4 is 0 Å². The lowest BCUT2D eigenvalue weighted by molar-refractivity contribution is 0.0727. The number of thioether (sulfide) groups is 1. The van der Waals surface area contributed by atoms with Crippen LogP contribution in [0.2, 0.25) is 0 Å². The molecule has 1 saturated heterocycles. The number of benzene rings is 1. The van der Waals surface area contributed by atoms with E-state index in [2.05, 4.69) is 0 Å². The van der Waals surface area contributed by atoms with Gasteiger partial charge in [0.2, 0.25) is 0 Å². The van der Waals surface area contributed by atoms with Crippen LogP contribution in [0.4, 0.5) is 0 Å². The van der Waals surface area contributed by atoms with Gasteiger partial charge in [0.1, 0.15) is 0 Å². The molecule has 17 heavy (non-hydrogen) atoms. The minimum Gasteiger partial charge on any atom is -0.337 e. The fraction of sp³-hybridized carbons (Fsp3) is 0.462. The molecule has 1 heterocycles. The highest BCUT2D eigenvalue weighted by Gasteiger charge is 2.22. The van der Waals surface area contributed by atoms with Crippen molar-refractivity contribution in [2.45, 2.75) is 23.1 Å². The molecule has 1 aliphatic rings. The van der Waals surface area contributed by atoms with E-state index >= 15 is 0 Å². The Hall–Kier alpha value is -0.670. The number of amides is 1. The van der Waals surface area contributed by atoms with Crippen LogP contribution in [0.25, 0.3) is 0 Å². The van der Waals surface area contributed by atoms with Crippen molar-refractivity contribution in [2.24, 2.45) is 0 Å². The van der Waals surface area contributed by atoms with Crippen LogP contribution in [0.1, 0.15) is 23.2 Å². The van der Waals surface area contributed by atoms with Crippen LogP contribution in [0, 0.1) is 0 Å². The van der Waals surface area contributed by atoms with E-state index in [4.69, 9.17) is 11.6 Å². The summed E-state index contributed by atoms with van der Waals surface area (Å²) in [5, 5.41) is 0.109. The number of halogens is 1. The molecule has 2 nitrogen and oxygen atoms in total. The first-order valence-corrected chi connectivity index (χ1v) is 7.44. The monoisotopic (exact) mass is 269 g/mol. The Morgan fingerprint density at radius 2 is 2.12 bits per heavy atom. The van der Waals surface area contributed by atoms with Gasteiger partial charge in [-0.25, -0.2) is 0 Å². The standard InChI is InChI=1S/C13H16ClNOS/c1-17-12-6-4-10(5-7-12)13(16)15-8-2-3-11(14)9-15/h4-7,11H,2-3,8-9H2,1H3. The highest BCUT2D eigenvalue weighted by atomic mass is 35.5. The van der Waals surface area contributed by atoms with Crippen LogP contribution in [-0.2, 0) is 0 Å². The van der Waals surface area contributed by atoms with Gasteiger partial charge in [-0.15, -0.1) is 23.4 Å². The van der Waals surface area contributed by atoms with E-state index in [0.717, 1.165) is 24.9 Å². The number of hydrogen-bond acceptors (Lipinski definition) is 2. The average molecular weight is 270 g/mol. The predicted octanol–water partition coefficient (Wildman–Crippen LogP) is 3.25. The molecule has 1 atom stereocenters. The molecule has 0 aliphatic carbocycles. The van der Waals surface area contributed by atoms with E-state index in [1.807, 2.05) is 35.4 Å². The van der Waals surface area contributed by atoms with E-state index in [1.165, 1.54) is 4.90 Å². The number of rotatable bonds is 2. The van der Waals surface area contributed by atoms with Gasteiger partial charge in [0.05, 0.1) is 5.38 Å². The summed E-state index contributed by atoms with van der Waals surface area (Å²) < 4.78 is 0. The molecule has 0 bridgehead atoms. The van der Waals surface area contributed by atoms with Crippen molar-refractivity contribution in [3.05, 3.63) is 29.8 Å². The van der Waals surface area contributed by atoms with Crippen molar-refractivity contribution in [2.75, 3.05) is 19.3 Å².